The second-order valence-corrected chi connectivity index (χ2v) is 7.65. The van der Waals surface area contributed by atoms with Gasteiger partial charge in [-0.1, -0.05) is 0 Å². The van der Waals surface area contributed by atoms with E-state index in [-0.39, 0.29) is 17.9 Å². The molecule has 3 rings (SSSR count). The quantitative estimate of drug-likeness (QED) is 0.805. The standard InChI is InChI=1S/C21H32N4O2/c1-4-24(5-2)18-8-9-19(15(3)14-18)23-20(26)16-10-12-25(13-11-16)21(27)22-17-6-7-17/h8-9,14,16-17H,4-7,10-13H2,1-3H3,(H,22,27)(H,23,26). The van der Waals surface area contributed by atoms with Crippen molar-refractivity contribution in [3.05, 3.63) is 23.8 Å². The molecule has 1 aliphatic heterocycles. The molecule has 1 aliphatic carbocycles. The molecule has 6 heteroatoms. The third-order valence-corrected chi connectivity index (χ3v) is 5.65. The summed E-state index contributed by atoms with van der Waals surface area (Å²) < 4.78 is 0. The molecular formula is C21H32N4O2. The molecule has 0 atom stereocenters. The van der Waals surface area contributed by atoms with Crippen molar-refractivity contribution >= 4 is 23.3 Å². The van der Waals surface area contributed by atoms with Gasteiger partial charge in [0.1, 0.15) is 0 Å². The summed E-state index contributed by atoms with van der Waals surface area (Å²) >= 11 is 0. The molecule has 1 aromatic rings. The molecular weight excluding hydrogens is 340 g/mol. The van der Waals surface area contributed by atoms with Gasteiger partial charge in [-0.15, -0.1) is 0 Å². The van der Waals surface area contributed by atoms with Gasteiger partial charge in [-0.05, 0) is 70.2 Å². The topological polar surface area (TPSA) is 64.7 Å². The number of rotatable bonds is 6. The molecule has 0 spiro atoms. The number of nitrogens with zero attached hydrogens (tertiary/aromatic N) is 2. The van der Waals surface area contributed by atoms with Crippen LogP contribution >= 0.6 is 0 Å². The summed E-state index contributed by atoms with van der Waals surface area (Å²) in [5.74, 6) is 0.0350. The molecule has 2 N–H and O–H groups in total. The minimum atomic E-state index is -0.0307. The van der Waals surface area contributed by atoms with Crippen LogP contribution < -0.4 is 15.5 Å². The summed E-state index contributed by atoms with van der Waals surface area (Å²) in [6.07, 6.45) is 3.63. The predicted octanol–water partition coefficient (Wildman–Crippen LogP) is 3.36. The SMILES string of the molecule is CCN(CC)c1ccc(NC(=O)C2CCN(C(=O)NC3CC3)CC2)c(C)c1. The number of piperidine rings is 1. The minimum absolute atomic E-state index is 0.0270. The van der Waals surface area contributed by atoms with E-state index in [4.69, 9.17) is 0 Å². The summed E-state index contributed by atoms with van der Waals surface area (Å²) in [6.45, 7) is 9.56. The van der Waals surface area contributed by atoms with Crippen LogP contribution in [0.25, 0.3) is 0 Å². The number of hydrogen-bond donors (Lipinski definition) is 2. The molecule has 0 bridgehead atoms. The highest BCUT2D eigenvalue weighted by Crippen LogP contribution is 2.25. The fraction of sp³-hybridized carbons (Fsp3) is 0.619. The highest BCUT2D eigenvalue weighted by Gasteiger charge is 2.30. The zero-order valence-electron chi connectivity index (χ0n) is 16.8. The molecule has 27 heavy (non-hydrogen) atoms. The first-order chi connectivity index (χ1) is 13.0. The molecule has 1 saturated carbocycles. The van der Waals surface area contributed by atoms with E-state index < -0.39 is 0 Å². The van der Waals surface area contributed by atoms with Crippen molar-refractivity contribution in [2.45, 2.75) is 52.5 Å². The Kier molecular flexibility index (Phi) is 6.24. The zero-order valence-corrected chi connectivity index (χ0v) is 16.8. The van der Waals surface area contributed by atoms with Crippen molar-refractivity contribution < 1.29 is 9.59 Å². The number of aryl methyl sites for hydroxylation is 1. The van der Waals surface area contributed by atoms with Crippen LogP contribution in [0.5, 0.6) is 0 Å². The van der Waals surface area contributed by atoms with Crippen molar-refractivity contribution in [1.29, 1.82) is 0 Å². The number of carbonyl (C=O) groups excluding carboxylic acids is 2. The Balaban J connectivity index is 1.52. The van der Waals surface area contributed by atoms with Gasteiger partial charge in [0.25, 0.3) is 0 Å². The lowest BCUT2D eigenvalue weighted by Gasteiger charge is -2.31. The maximum Gasteiger partial charge on any atom is 0.317 e. The molecule has 2 aliphatic rings. The Morgan fingerprint density at radius 1 is 1.11 bits per heavy atom. The first-order valence-corrected chi connectivity index (χ1v) is 10.2. The van der Waals surface area contributed by atoms with Gasteiger partial charge >= 0.3 is 6.03 Å². The van der Waals surface area contributed by atoms with Gasteiger partial charge in [0.15, 0.2) is 0 Å². The molecule has 1 aromatic carbocycles. The van der Waals surface area contributed by atoms with Crippen LogP contribution in [0.15, 0.2) is 18.2 Å². The Hall–Kier alpha value is -2.24. The summed E-state index contributed by atoms with van der Waals surface area (Å²) in [7, 11) is 0. The molecule has 0 radical (unpaired) electrons. The fourth-order valence-electron chi connectivity index (χ4n) is 3.65. The number of urea groups is 1. The van der Waals surface area contributed by atoms with E-state index in [1.165, 1.54) is 5.69 Å². The lowest BCUT2D eigenvalue weighted by Crippen LogP contribution is -2.46. The maximum absolute atomic E-state index is 12.7. The van der Waals surface area contributed by atoms with Gasteiger partial charge in [0.2, 0.25) is 5.91 Å². The van der Waals surface area contributed by atoms with Crippen molar-refractivity contribution in [2.75, 3.05) is 36.4 Å². The van der Waals surface area contributed by atoms with Crippen molar-refractivity contribution in [2.24, 2.45) is 5.92 Å². The van der Waals surface area contributed by atoms with Gasteiger partial charge in [0.05, 0.1) is 0 Å². The second kappa shape index (κ2) is 8.63. The van der Waals surface area contributed by atoms with Gasteiger partial charge in [-0.2, -0.15) is 0 Å². The van der Waals surface area contributed by atoms with Crippen LogP contribution in [-0.2, 0) is 4.79 Å². The van der Waals surface area contributed by atoms with E-state index in [0.717, 1.165) is 50.0 Å². The van der Waals surface area contributed by atoms with Gasteiger partial charge in [-0.3, -0.25) is 4.79 Å². The molecule has 148 valence electrons. The zero-order chi connectivity index (χ0) is 19.4. The normalized spacial score (nSPS) is 17.5. The average molecular weight is 373 g/mol. The molecule has 6 nitrogen and oxygen atoms in total. The number of hydrogen-bond acceptors (Lipinski definition) is 3. The summed E-state index contributed by atoms with van der Waals surface area (Å²) in [4.78, 5) is 28.9. The summed E-state index contributed by atoms with van der Waals surface area (Å²) in [5, 5.41) is 6.11. The molecule has 2 fully saturated rings. The third-order valence-electron chi connectivity index (χ3n) is 5.65. The third kappa shape index (κ3) is 4.93. The van der Waals surface area contributed by atoms with E-state index in [0.29, 0.717) is 19.1 Å². The van der Waals surface area contributed by atoms with Crippen molar-refractivity contribution in [1.82, 2.24) is 10.2 Å². The predicted molar refractivity (Wildman–Crippen MR) is 109 cm³/mol. The van der Waals surface area contributed by atoms with Crippen LogP contribution in [0.1, 0.15) is 45.1 Å². The van der Waals surface area contributed by atoms with Crippen LogP contribution in [0.2, 0.25) is 0 Å². The minimum Gasteiger partial charge on any atom is -0.372 e. The Labute approximate surface area is 162 Å². The largest absolute Gasteiger partial charge is 0.372 e. The monoisotopic (exact) mass is 372 g/mol. The average Bonchev–Trinajstić information content (AvgIpc) is 3.49. The van der Waals surface area contributed by atoms with Gasteiger partial charge in [0, 0.05) is 49.5 Å². The highest BCUT2D eigenvalue weighted by molar-refractivity contribution is 5.93. The number of carbonyl (C=O) groups is 2. The summed E-state index contributed by atoms with van der Waals surface area (Å²) in [5.41, 5.74) is 3.14. The fourth-order valence-corrected chi connectivity index (χ4v) is 3.65. The van der Waals surface area contributed by atoms with Gasteiger partial charge < -0.3 is 20.4 Å². The Morgan fingerprint density at radius 2 is 1.78 bits per heavy atom. The van der Waals surface area contributed by atoms with Crippen LogP contribution in [0, 0.1) is 12.8 Å². The van der Waals surface area contributed by atoms with Crippen LogP contribution in [0.3, 0.4) is 0 Å². The van der Waals surface area contributed by atoms with Crippen LogP contribution in [-0.4, -0.2) is 49.1 Å². The number of benzene rings is 1. The lowest BCUT2D eigenvalue weighted by molar-refractivity contribution is -0.121. The number of anilines is 2. The number of amides is 3. The molecule has 3 amide bonds. The molecule has 0 unspecified atom stereocenters. The van der Waals surface area contributed by atoms with E-state index in [9.17, 15) is 9.59 Å². The highest BCUT2D eigenvalue weighted by atomic mass is 16.2. The number of likely N-dealkylation sites (tertiary alicyclic amines) is 1. The van der Waals surface area contributed by atoms with E-state index in [2.05, 4.69) is 41.5 Å². The smallest absolute Gasteiger partial charge is 0.317 e. The molecule has 1 saturated heterocycles. The first kappa shape index (κ1) is 19.5. The Bertz CT molecular complexity index is 675. The lowest BCUT2D eigenvalue weighted by atomic mass is 9.96. The molecule has 0 aromatic heterocycles. The van der Waals surface area contributed by atoms with E-state index in [1.54, 1.807) is 0 Å². The maximum atomic E-state index is 12.7. The number of nitrogens with one attached hydrogen (secondary N) is 2. The molecule has 1 heterocycles. The first-order valence-electron chi connectivity index (χ1n) is 10.2. The van der Waals surface area contributed by atoms with Crippen molar-refractivity contribution in [3.8, 4) is 0 Å². The summed E-state index contributed by atoms with van der Waals surface area (Å²) in [6, 6.07) is 6.60. The van der Waals surface area contributed by atoms with E-state index >= 15 is 0 Å². The van der Waals surface area contributed by atoms with Crippen molar-refractivity contribution in [3.63, 3.8) is 0 Å². The Morgan fingerprint density at radius 3 is 2.33 bits per heavy atom. The van der Waals surface area contributed by atoms with Gasteiger partial charge in [-0.25, -0.2) is 4.79 Å². The second-order valence-electron chi connectivity index (χ2n) is 7.65. The van der Waals surface area contributed by atoms with Crippen LogP contribution in [0.4, 0.5) is 16.2 Å². The van der Waals surface area contributed by atoms with E-state index in [1.807, 2.05) is 17.9 Å².